The fourth-order valence-electron chi connectivity index (χ4n) is 2.40. The average Bonchev–Trinajstić information content (AvgIpc) is 2.79. The van der Waals surface area contributed by atoms with Crippen molar-refractivity contribution in [2.75, 3.05) is 13.2 Å². The number of nitrogens with zero attached hydrogens (tertiary/aromatic N) is 1. The molecule has 1 saturated carbocycles. The van der Waals surface area contributed by atoms with Gasteiger partial charge in [-0.05, 0) is 31.4 Å². The third kappa shape index (κ3) is 3.90. The fraction of sp³-hybridized carbons (Fsp3) is 0.818. The lowest BCUT2D eigenvalue weighted by atomic mass is 9.99. The highest BCUT2D eigenvalue weighted by atomic mass is 35.5. The largest absolute Gasteiger partial charge is 0.466 e. The van der Waals surface area contributed by atoms with Gasteiger partial charge in [0.1, 0.15) is 5.54 Å². The Kier molecular flexibility index (Phi) is 6.22. The van der Waals surface area contributed by atoms with Crippen LogP contribution in [0.5, 0.6) is 0 Å². The van der Waals surface area contributed by atoms with Crippen molar-refractivity contribution in [2.24, 2.45) is 0 Å². The summed E-state index contributed by atoms with van der Waals surface area (Å²) in [5.41, 5.74) is -1.18. The summed E-state index contributed by atoms with van der Waals surface area (Å²) in [6, 6.07) is 0. The van der Waals surface area contributed by atoms with Crippen molar-refractivity contribution >= 4 is 33.7 Å². The monoisotopic (exact) mass is 311 g/mol. The number of hydrogen-bond donors (Lipinski definition) is 1. The van der Waals surface area contributed by atoms with Gasteiger partial charge in [-0.15, -0.1) is 0 Å². The Morgan fingerprint density at radius 3 is 2.32 bits per heavy atom. The SMILES string of the molecule is CCOC(=O)CCN([SH](=O)=O)C1(C(=O)Cl)CCCC1. The molecule has 0 spiro atoms. The van der Waals surface area contributed by atoms with E-state index in [1.807, 2.05) is 0 Å². The van der Waals surface area contributed by atoms with E-state index in [1.54, 1.807) is 6.92 Å². The van der Waals surface area contributed by atoms with Gasteiger partial charge in [0.25, 0.3) is 0 Å². The van der Waals surface area contributed by atoms with Gasteiger partial charge in [0.2, 0.25) is 16.1 Å². The number of carbonyl (C=O) groups is 2. The minimum absolute atomic E-state index is 0.0734. The molecular weight excluding hydrogens is 294 g/mol. The van der Waals surface area contributed by atoms with Crippen molar-refractivity contribution in [1.29, 1.82) is 0 Å². The molecule has 0 N–H and O–H groups in total. The van der Waals surface area contributed by atoms with E-state index < -0.39 is 27.6 Å². The number of ether oxygens (including phenoxy) is 1. The molecule has 0 atom stereocenters. The van der Waals surface area contributed by atoms with E-state index in [0.29, 0.717) is 12.8 Å². The van der Waals surface area contributed by atoms with Gasteiger partial charge in [-0.25, -0.2) is 8.42 Å². The molecule has 0 aliphatic heterocycles. The van der Waals surface area contributed by atoms with Crippen LogP contribution < -0.4 is 0 Å². The molecule has 0 aromatic carbocycles. The van der Waals surface area contributed by atoms with Crippen molar-refractivity contribution in [3.05, 3.63) is 0 Å². The zero-order chi connectivity index (χ0) is 14.5. The van der Waals surface area contributed by atoms with Gasteiger partial charge < -0.3 is 4.74 Å². The lowest BCUT2D eigenvalue weighted by Gasteiger charge is -2.33. The summed E-state index contributed by atoms with van der Waals surface area (Å²) in [4.78, 5) is 22.9. The molecule has 0 aromatic heterocycles. The van der Waals surface area contributed by atoms with Gasteiger partial charge in [0, 0.05) is 6.54 Å². The Hall–Kier alpha value is -0.660. The van der Waals surface area contributed by atoms with Gasteiger partial charge in [0.05, 0.1) is 13.0 Å². The minimum atomic E-state index is -2.98. The lowest BCUT2D eigenvalue weighted by Crippen LogP contribution is -2.51. The molecule has 6 nitrogen and oxygen atoms in total. The first kappa shape index (κ1) is 16.4. The number of esters is 1. The molecule has 0 heterocycles. The van der Waals surface area contributed by atoms with Crippen LogP contribution in [0.2, 0.25) is 0 Å². The minimum Gasteiger partial charge on any atom is -0.466 e. The second-order valence-electron chi connectivity index (χ2n) is 4.43. The summed E-state index contributed by atoms with van der Waals surface area (Å²) in [5.74, 6) is -0.487. The highest BCUT2D eigenvalue weighted by molar-refractivity contribution is 7.70. The second kappa shape index (κ2) is 7.21. The standard InChI is InChI=1S/C11H18ClNO5S/c1-2-18-9(14)5-8-13(19(16)17)11(10(12)15)6-3-4-7-11/h19H,2-8H2,1H3. The molecule has 8 heteroatoms. The molecule has 1 rings (SSSR count). The smallest absolute Gasteiger partial charge is 0.307 e. The summed E-state index contributed by atoms with van der Waals surface area (Å²) in [6.45, 7) is 1.84. The van der Waals surface area contributed by atoms with Gasteiger partial charge in [-0.1, -0.05) is 12.8 Å². The molecule has 19 heavy (non-hydrogen) atoms. The molecule has 0 aromatic rings. The Morgan fingerprint density at radius 2 is 1.89 bits per heavy atom. The number of halogens is 1. The summed E-state index contributed by atoms with van der Waals surface area (Å²) >= 11 is 5.59. The molecule has 0 radical (unpaired) electrons. The number of thiol groups is 1. The van der Waals surface area contributed by atoms with E-state index in [1.165, 1.54) is 0 Å². The van der Waals surface area contributed by atoms with Crippen LogP contribution in [0.3, 0.4) is 0 Å². The predicted octanol–water partition coefficient (Wildman–Crippen LogP) is 0.846. The summed E-state index contributed by atoms with van der Waals surface area (Å²) < 4.78 is 28.5. The topological polar surface area (TPSA) is 80.8 Å². The van der Waals surface area contributed by atoms with E-state index in [0.717, 1.165) is 17.1 Å². The van der Waals surface area contributed by atoms with Gasteiger partial charge >= 0.3 is 5.97 Å². The van der Waals surface area contributed by atoms with Crippen LogP contribution in [0.1, 0.15) is 39.0 Å². The summed E-state index contributed by atoms with van der Waals surface area (Å²) in [6.07, 6.45) is 2.22. The highest BCUT2D eigenvalue weighted by Gasteiger charge is 2.46. The van der Waals surface area contributed by atoms with Crippen LogP contribution in [0.4, 0.5) is 0 Å². The van der Waals surface area contributed by atoms with Gasteiger partial charge in [0.15, 0.2) is 0 Å². The van der Waals surface area contributed by atoms with Crippen molar-refractivity contribution in [3.8, 4) is 0 Å². The predicted molar refractivity (Wildman–Crippen MR) is 70.3 cm³/mol. The first-order valence-corrected chi connectivity index (χ1v) is 7.72. The van der Waals surface area contributed by atoms with Gasteiger partial charge in [-0.3, -0.25) is 9.59 Å². The quantitative estimate of drug-likeness (QED) is 0.428. The van der Waals surface area contributed by atoms with Crippen LogP contribution in [-0.2, 0) is 25.2 Å². The van der Waals surface area contributed by atoms with E-state index in [4.69, 9.17) is 16.3 Å². The third-order valence-corrected chi connectivity index (χ3v) is 4.65. The number of hydrogen-bond acceptors (Lipinski definition) is 5. The van der Waals surface area contributed by atoms with Crippen LogP contribution in [-0.4, -0.2) is 42.6 Å². The van der Waals surface area contributed by atoms with Crippen molar-refractivity contribution in [3.63, 3.8) is 0 Å². The van der Waals surface area contributed by atoms with E-state index in [-0.39, 0.29) is 19.6 Å². The molecule has 0 saturated heterocycles. The second-order valence-corrected chi connectivity index (χ2v) is 5.73. The van der Waals surface area contributed by atoms with Crippen molar-refractivity contribution < 1.29 is 22.7 Å². The van der Waals surface area contributed by atoms with Crippen molar-refractivity contribution in [2.45, 2.75) is 44.6 Å². The molecule has 110 valence electrons. The Labute approximate surface area is 119 Å². The zero-order valence-electron chi connectivity index (χ0n) is 10.8. The molecule has 0 amide bonds. The summed E-state index contributed by atoms with van der Waals surface area (Å²) in [5, 5.41) is -0.673. The molecule has 0 bridgehead atoms. The maximum absolute atomic E-state index is 11.6. The molecule has 1 fully saturated rings. The summed E-state index contributed by atoms with van der Waals surface area (Å²) in [7, 11) is -2.98. The molecule has 0 unspecified atom stereocenters. The van der Waals surface area contributed by atoms with Crippen LogP contribution >= 0.6 is 11.6 Å². The molecular formula is C11H18ClNO5S. The normalized spacial score (nSPS) is 17.9. The fourth-order valence-corrected chi connectivity index (χ4v) is 3.61. The maximum Gasteiger partial charge on any atom is 0.307 e. The third-order valence-electron chi connectivity index (χ3n) is 3.32. The average molecular weight is 312 g/mol. The Morgan fingerprint density at radius 1 is 1.32 bits per heavy atom. The Bertz CT molecular complexity index is 409. The Balaban J connectivity index is 2.81. The number of rotatable bonds is 7. The van der Waals surface area contributed by atoms with E-state index in [9.17, 15) is 18.0 Å². The van der Waals surface area contributed by atoms with Gasteiger partial charge in [-0.2, -0.15) is 4.31 Å². The van der Waals surface area contributed by atoms with Crippen LogP contribution in [0, 0.1) is 0 Å². The molecule has 1 aliphatic carbocycles. The van der Waals surface area contributed by atoms with E-state index in [2.05, 4.69) is 0 Å². The number of carbonyl (C=O) groups excluding carboxylic acids is 2. The zero-order valence-corrected chi connectivity index (χ0v) is 12.4. The van der Waals surface area contributed by atoms with E-state index >= 15 is 0 Å². The first-order chi connectivity index (χ1) is 8.94. The first-order valence-electron chi connectivity index (χ1n) is 6.21. The van der Waals surface area contributed by atoms with Crippen LogP contribution in [0.15, 0.2) is 0 Å². The molecule has 1 aliphatic rings. The van der Waals surface area contributed by atoms with Crippen LogP contribution in [0.25, 0.3) is 0 Å². The maximum atomic E-state index is 11.6. The van der Waals surface area contributed by atoms with Crippen molar-refractivity contribution in [1.82, 2.24) is 4.31 Å². The highest BCUT2D eigenvalue weighted by Crippen LogP contribution is 2.37. The lowest BCUT2D eigenvalue weighted by molar-refractivity contribution is -0.143.